The number of nitrogens with one attached hydrogen (secondary N) is 1. The third-order valence-electron chi connectivity index (χ3n) is 4.71. The van der Waals surface area contributed by atoms with E-state index in [1.54, 1.807) is 24.3 Å². The van der Waals surface area contributed by atoms with E-state index in [2.05, 4.69) is 29.5 Å². The first-order chi connectivity index (χ1) is 17.5. The summed E-state index contributed by atoms with van der Waals surface area (Å²) in [5.74, 6) is -0.0803. The monoisotopic (exact) mass is 663 g/mol. The Balaban J connectivity index is 0.00000159. The third kappa shape index (κ3) is 11.6. The molecular weight excluding hydrogens is 626 g/mol. The van der Waals surface area contributed by atoms with E-state index in [-0.39, 0.29) is 11.5 Å². The van der Waals surface area contributed by atoms with Crippen LogP contribution in [0.5, 0.6) is 0 Å². The van der Waals surface area contributed by atoms with Crippen molar-refractivity contribution in [2.45, 2.75) is 60.4 Å². The van der Waals surface area contributed by atoms with Crippen LogP contribution in [-0.4, -0.2) is 28.5 Å². The normalized spacial score (nSPS) is 9.25. The summed E-state index contributed by atoms with van der Waals surface area (Å²) in [6, 6.07) is 18.8. The molecule has 0 aliphatic rings. The van der Waals surface area contributed by atoms with Crippen LogP contribution in [0.3, 0.4) is 0 Å². The summed E-state index contributed by atoms with van der Waals surface area (Å²) in [7, 11) is 0. The number of benzene rings is 2. The van der Waals surface area contributed by atoms with E-state index in [1.165, 1.54) is 17.2 Å². The molecule has 8 heteroatoms. The van der Waals surface area contributed by atoms with Gasteiger partial charge in [0.2, 0.25) is 0 Å². The summed E-state index contributed by atoms with van der Waals surface area (Å²) in [5, 5.41) is 7.41. The SMILES string of the molecule is CC.CC=O.CCCNC(=O)c1ccc(-c2ccc(=O)n(Cc3cccc(CCC)c3)n2)cc1.[O]=[W]. The van der Waals surface area contributed by atoms with Crippen LogP contribution in [0.4, 0.5) is 0 Å². The molecule has 0 saturated carbocycles. The second-order valence-electron chi connectivity index (χ2n) is 7.35. The number of aryl methyl sites for hydroxylation is 1. The van der Waals surface area contributed by atoms with Crippen LogP contribution in [0.2, 0.25) is 0 Å². The van der Waals surface area contributed by atoms with Crippen molar-refractivity contribution in [3.05, 3.63) is 87.7 Å². The molecule has 0 radical (unpaired) electrons. The van der Waals surface area contributed by atoms with Gasteiger partial charge in [0, 0.05) is 23.7 Å². The van der Waals surface area contributed by atoms with Gasteiger partial charge in [-0.2, -0.15) is 5.10 Å². The first kappa shape index (κ1) is 32.9. The number of carbonyl (C=O) groups excluding carboxylic acids is 2. The predicted octanol–water partition coefficient (Wildman–Crippen LogP) is 5.16. The minimum absolute atomic E-state index is 0.0803. The fourth-order valence-electron chi connectivity index (χ4n) is 3.19. The van der Waals surface area contributed by atoms with E-state index in [4.69, 9.17) is 8.19 Å². The number of aldehydes is 1. The Kier molecular flexibility index (Phi) is 18.5. The molecule has 0 saturated heterocycles. The fourth-order valence-corrected chi connectivity index (χ4v) is 3.19. The van der Waals surface area contributed by atoms with E-state index in [0.29, 0.717) is 44.1 Å². The van der Waals surface area contributed by atoms with E-state index >= 15 is 0 Å². The van der Waals surface area contributed by atoms with E-state index < -0.39 is 0 Å². The fraction of sp³-hybridized carbons (Fsp3) is 0.357. The number of carbonyl (C=O) groups is 2. The summed E-state index contributed by atoms with van der Waals surface area (Å²) >= 11 is 0.333. The Morgan fingerprint density at radius 2 is 1.58 bits per heavy atom. The first-order valence-corrected chi connectivity index (χ1v) is 13.3. The molecule has 3 aromatic rings. The zero-order valence-electron chi connectivity index (χ0n) is 21.8. The van der Waals surface area contributed by atoms with Crippen molar-refractivity contribution in [2.24, 2.45) is 0 Å². The van der Waals surface area contributed by atoms with E-state index in [0.717, 1.165) is 36.7 Å². The Morgan fingerprint density at radius 3 is 2.17 bits per heavy atom. The number of hydrogen-bond donors (Lipinski definition) is 1. The van der Waals surface area contributed by atoms with Crippen molar-refractivity contribution in [1.29, 1.82) is 0 Å². The van der Waals surface area contributed by atoms with Crippen LogP contribution in [0, 0.1) is 0 Å². The van der Waals surface area contributed by atoms with Gasteiger partial charge in [0.15, 0.2) is 0 Å². The summed E-state index contributed by atoms with van der Waals surface area (Å²) in [6.07, 6.45) is 3.76. The molecule has 1 amide bonds. The van der Waals surface area contributed by atoms with Gasteiger partial charge in [0.25, 0.3) is 11.5 Å². The molecule has 1 aromatic heterocycles. The molecule has 194 valence electrons. The van der Waals surface area contributed by atoms with Gasteiger partial charge in [-0.1, -0.05) is 70.5 Å². The van der Waals surface area contributed by atoms with Crippen LogP contribution in [-0.2, 0) is 40.9 Å². The van der Waals surface area contributed by atoms with E-state index in [1.807, 2.05) is 45.0 Å². The zero-order valence-corrected chi connectivity index (χ0v) is 24.8. The van der Waals surface area contributed by atoms with Gasteiger partial charge in [-0.3, -0.25) is 9.59 Å². The van der Waals surface area contributed by atoms with Crippen molar-refractivity contribution in [1.82, 2.24) is 15.1 Å². The van der Waals surface area contributed by atoms with Crippen molar-refractivity contribution < 1.29 is 32.8 Å². The zero-order chi connectivity index (χ0) is 27.3. The number of rotatable bonds is 8. The van der Waals surface area contributed by atoms with Crippen LogP contribution in [0.1, 0.15) is 68.9 Å². The molecule has 7 nitrogen and oxygen atoms in total. The first-order valence-electron chi connectivity index (χ1n) is 12.1. The van der Waals surface area contributed by atoms with Gasteiger partial charge >= 0.3 is 23.2 Å². The van der Waals surface area contributed by atoms with Crippen molar-refractivity contribution in [3.8, 4) is 11.3 Å². The maximum atomic E-state index is 12.3. The Hall–Kier alpha value is -3.05. The standard InChI is InChI=1S/C24H27N3O2.C2H4O.C2H6.O.W/c1-3-6-18-7-5-8-19(16-18)17-27-23(28)14-13-22(26-27)20-9-11-21(12-10-20)24(29)25-15-4-2;1-2-3;1-2;;/h5,7-14,16H,3-4,6,15,17H2,1-2H3,(H,25,29);2H,1H3;1-2H3;;. The predicted molar refractivity (Wildman–Crippen MR) is 140 cm³/mol. The van der Waals surface area contributed by atoms with Gasteiger partial charge < -0.3 is 10.1 Å². The maximum absolute atomic E-state index is 12.3. The van der Waals surface area contributed by atoms with Crippen molar-refractivity contribution in [2.75, 3.05) is 6.54 Å². The van der Waals surface area contributed by atoms with Crippen molar-refractivity contribution >= 4 is 12.2 Å². The molecule has 0 fully saturated rings. The summed E-state index contributed by atoms with van der Waals surface area (Å²) in [5.41, 5.74) is 4.38. The second-order valence-corrected chi connectivity index (χ2v) is 7.35. The van der Waals surface area contributed by atoms with Crippen LogP contribution < -0.4 is 10.9 Å². The molecule has 36 heavy (non-hydrogen) atoms. The molecule has 0 atom stereocenters. The van der Waals surface area contributed by atoms with Crippen LogP contribution in [0.25, 0.3) is 11.3 Å². The third-order valence-corrected chi connectivity index (χ3v) is 4.71. The van der Waals surface area contributed by atoms with Crippen LogP contribution in [0.15, 0.2) is 65.5 Å². The number of nitrogens with zero attached hydrogens (tertiary/aromatic N) is 2. The van der Waals surface area contributed by atoms with Gasteiger partial charge in [-0.15, -0.1) is 0 Å². The molecule has 0 bridgehead atoms. The molecule has 3 rings (SSSR count). The molecule has 0 spiro atoms. The summed E-state index contributed by atoms with van der Waals surface area (Å²) < 4.78 is 9.82. The average Bonchev–Trinajstić information content (AvgIpc) is 2.92. The molecular formula is C28H37N3O4W. The van der Waals surface area contributed by atoms with Gasteiger partial charge in [-0.25, -0.2) is 4.68 Å². The van der Waals surface area contributed by atoms with Gasteiger partial charge in [0.05, 0.1) is 12.2 Å². The Morgan fingerprint density at radius 1 is 0.972 bits per heavy atom. The average molecular weight is 663 g/mol. The molecule has 0 unspecified atom stereocenters. The molecule has 0 aliphatic carbocycles. The number of aromatic nitrogens is 2. The molecule has 0 aliphatic heterocycles. The summed E-state index contributed by atoms with van der Waals surface area (Å²) in [4.78, 5) is 33.2. The van der Waals surface area contributed by atoms with Gasteiger partial charge in [0.1, 0.15) is 6.29 Å². The number of hydrogen-bond acceptors (Lipinski definition) is 5. The molecule has 1 N–H and O–H groups in total. The quantitative estimate of drug-likeness (QED) is 0.336. The number of amides is 1. The topological polar surface area (TPSA) is 98.1 Å². The second kappa shape index (κ2) is 20.2. The Bertz CT molecular complexity index is 1100. The summed E-state index contributed by atoms with van der Waals surface area (Å²) in [6.45, 7) is 10.7. The van der Waals surface area contributed by atoms with Gasteiger partial charge in [-0.05, 0) is 49.1 Å². The Labute approximate surface area is 225 Å². The van der Waals surface area contributed by atoms with E-state index in [9.17, 15) is 9.59 Å². The minimum atomic E-state index is -0.134. The molecule has 1 heterocycles. The molecule has 2 aromatic carbocycles. The van der Waals surface area contributed by atoms with Crippen molar-refractivity contribution in [3.63, 3.8) is 0 Å². The van der Waals surface area contributed by atoms with Crippen LogP contribution >= 0.6 is 0 Å².